The fraction of sp³-hybridized carbons (Fsp3) is 0.150. The van der Waals surface area contributed by atoms with E-state index >= 15 is 0 Å². The summed E-state index contributed by atoms with van der Waals surface area (Å²) in [7, 11) is 0. The number of hydrogen-bond acceptors (Lipinski definition) is 2. The Bertz CT molecular complexity index is 885. The maximum absolute atomic E-state index is 12.2. The van der Waals surface area contributed by atoms with E-state index in [1.165, 1.54) is 0 Å². The molecule has 1 heterocycles. The minimum Gasteiger partial charge on any atom is -0.494 e. The van der Waals surface area contributed by atoms with Crippen LogP contribution in [0.2, 0.25) is 5.02 Å². The summed E-state index contributed by atoms with van der Waals surface area (Å²) in [5, 5.41) is 0.688. The van der Waals surface area contributed by atoms with Gasteiger partial charge in [0.15, 0.2) is 0 Å². The molecule has 0 aliphatic rings. The molecule has 0 aliphatic carbocycles. The van der Waals surface area contributed by atoms with Gasteiger partial charge in [-0.2, -0.15) is 0 Å². The van der Waals surface area contributed by atoms with Crippen molar-refractivity contribution in [3.63, 3.8) is 0 Å². The second kappa shape index (κ2) is 7.37. The Morgan fingerprint density at radius 2 is 1.79 bits per heavy atom. The van der Waals surface area contributed by atoms with Crippen LogP contribution in [0.15, 0.2) is 71.7 Å². The Kier molecular flexibility index (Phi) is 5.02. The van der Waals surface area contributed by atoms with E-state index < -0.39 is 0 Å². The van der Waals surface area contributed by atoms with Crippen LogP contribution in [-0.2, 0) is 6.54 Å². The van der Waals surface area contributed by atoms with Crippen LogP contribution in [0, 0.1) is 0 Å². The number of nitrogens with zero attached hydrogens (tertiary/aromatic N) is 1. The van der Waals surface area contributed by atoms with Crippen LogP contribution in [0.5, 0.6) is 5.75 Å². The van der Waals surface area contributed by atoms with E-state index in [4.69, 9.17) is 16.3 Å². The van der Waals surface area contributed by atoms with Gasteiger partial charge in [-0.1, -0.05) is 35.9 Å². The smallest absolute Gasteiger partial charge is 0.250 e. The lowest BCUT2D eigenvalue weighted by atomic mass is 10.1. The van der Waals surface area contributed by atoms with Crippen molar-refractivity contribution in [2.75, 3.05) is 6.61 Å². The normalized spacial score (nSPS) is 10.6. The fourth-order valence-corrected chi connectivity index (χ4v) is 2.67. The quantitative estimate of drug-likeness (QED) is 0.679. The summed E-state index contributed by atoms with van der Waals surface area (Å²) in [4.78, 5) is 12.2. The number of pyridine rings is 1. The Labute approximate surface area is 146 Å². The van der Waals surface area contributed by atoms with Gasteiger partial charge < -0.3 is 9.30 Å². The number of ether oxygens (including phenoxy) is 1. The average molecular weight is 340 g/mol. The molecular weight excluding hydrogens is 322 g/mol. The summed E-state index contributed by atoms with van der Waals surface area (Å²) in [6.45, 7) is 3.09. The number of halogens is 1. The summed E-state index contributed by atoms with van der Waals surface area (Å²) in [6, 6.07) is 18.8. The molecule has 0 unspecified atom stereocenters. The van der Waals surface area contributed by atoms with Gasteiger partial charge in [0.2, 0.25) is 0 Å². The SMILES string of the molecule is CCOc1cccc(-c2ccc(=O)n(Cc3ccc(Cl)cc3)c2)c1. The highest BCUT2D eigenvalue weighted by Gasteiger charge is 2.04. The van der Waals surface area contributed by atoms with E-state index in [0.29, 0.717) is 18.2 Å². The molecule has 3 aromatic rings. The van der Waals surface area contributed by atoms with Crippen molar-refractivity contribution in [2.45, 2.75) is 13.5 Å². The molecule has 0 amide bonds. The highest BCUT2D eigenvalue weighted by Crippen LogP contribution is 2.23. The number of hydrogen-bond donors (Lipinski definition) is 0. The molecule has 0 atom stereocenters. The summed E-state index contributed by atoms with van der Waals surface area (Å²) < 4.78 is 7.25. The molecule has 0 spiro atoms. The monoisotopic (exact) mass is 339 g/mol. The first-order valence-electron chi connectivity index (χ1n) is 7.84. The van der Waals surface area contributed by atoms with E-state index in [1.54, 1.807) is 10.6 Å². The first-order valence-corrected chi connectivity index (χ1v) is 8.21. The summed E-state index contributed by atoms with van der Waals surface area (Å²) in [6.07, 6.45) is 1.88. The molecule has 0 radical (unpaired) electrons. The number of aromatic nitrogens is 1. The molecule has 0 N–H and O–H groups in total. The molecular formula is C20H18ClNO2. The zero-order chi connectivity index (χ0) is 16.9. The Morgan fingerprint density at radius 1 is 1.00 bits per heavy atom. The molecule has 0 fully saturated rings. The molecule has 0 saturated heterocycles. The van der Waals surface area contributed by atoms with Gasteiger partial charge in [0.25, 0.3) is 5.56 Å². The van der Waals surface area contributed by atoms with Gasteiger partial charge in [0, 0.05) is 17.3 Å². The highest BCUT2D eigenvalue weighted by molar-refractivity contribution is 6.30. The van der Waals surface area contributed by atoms with Crippen molar-refractivity contribution in [3.8, 4) is 16.9 Å². The van der Waals surface area contributed by atoms with Crippen LogP contribution in [0.3, 0.4) is 0 Å². The third-order valence-corrected chi connectivity index (χ3v) is 3.98. The Balaban J connectivity index is 1.92. The van der Waals surface area contributed by atoms with Crippen LogP contribution >= 0.6 is 11.6 Å². The number of benzene rings is 2. The van der Waals surface area contributed by atoms with Crippen molar-refractivity contribution < 1.29 is 4.74 Å². The second-order valence-electron chi connectivity index (χ2n) is 5.47. The predicted octanol–water partition coefficient (Wildman–Crippen LogP) is 4.62. The van der Waals surface area contributed by atoms with Crippen molar-refractivity contribution in [1.82, 2.24) is 4.57 Å². The van der Waals surface area contributed by atoms with Crippen LogP contribution in [0.25, 0.3) is 11.1 Å². The lowest BCUT2D eigenvalue weighted by Crippen LogP contribution is -2.19. The minimum atomic E-state index is -0.0327. The second-order valence-corrected chi connectivity index (χ2v) is 5.91. The molecule has 3 rings (SSSR count). The lowest BCUT2D eigenvalue weighted by molar-refractivity contribution is 0.340. The highest BCUT2D eigenvalue weighted by atomic mass is 35.5. The van der Waals surface area contributed by atoms with Gasteiger partial charge in [0.05, 0.1) is 13.2 Å². The van der Waals surface area contributed by atoms with Crippen LogP contribution in [-0.4, -0.2) is 11.2 Å². The molecule has 0 aliphatic heterocycles. The zero-order valence-corrected chi connectivity index (χ0v) is 14.2. The first-order chi connectivity index (χ1) is 11.7. The van der Waals surface area contributed by atoms with Crippen molar-refractivity contribution in [2.24, 2.45) is 0 Å². The van der Waals surface area contributed by atoms with Crippen molar-refractivity contribution >= 4 is 11.6 Å². The van der Waals surface area contributed by atoms with Crippen LogP contribution in [0.4, 0.5) is 0 Å². The largest absolute Gasteiger partial charge is 0.494 e. The van der Waals surface area contributed by atoms with E-state index in [1.807, 2.05) is 67.7 Å². The summed E-state index contributed by atoms with van der Waals surface area (Å²) in [5.41, 5.74) is 2.99. The predicted molar refractivity (Wildman–Crippen MR) is 97.9 cm³/mol. The fourth-order valence-electron chi connectivity index (χ4n) is 2.54. The third-order valence-electron chi connectivity index (χ3n) is 3.73. The maximum atomic E-state index is 12.2. The van der Waals surface area contributed by atoms with Crippen LogP contribution in [0.1, 0.15) is 12.5 Å². The van der Waals surface area contributed by atoms with Crippen molar-refractivity contribution in [1.29, 1.82) is 0 Å². The minimum absolute atomic E-state index is 0.0327. The molecule has 2 aromatic carbocycles. The zero-order valence-electron chi connectivity index (χ0n) is 13.4. The van der Waals surface area contributed by atoms with E-state index in [9.17, 15) is 4.79 Å². The van der Waals surface area contributed by atoms with Crippen molar-refractivity contribution in [3.05, 3.63) is 87.8 Å². The lowest BCUT2D eigenvalue weighted by Gasteiger charge is -2.10. The van der Waals surface area contributed by atoms with Gasteiger partial charge in [-0.3, -0.25) is 4.79 Å². The van der Waals surface area contributed by atoms with E-state index in [-0.39, 0.29) is 5.56 Å². The topological polar surface area (TPSA) is 31.2 Å². The standard InChI is InChI=1S/C20H18ClNO2/c1-2-24-19-5-3-4-16(12-19)17-8-11-20(23)22(14-17)13-15-6-9-18(21)10-7-15/h3-12,14H,2,13H2,1H3. The van der Waals surface area contributed by atoms with E-state index in [2.05, 4.69) is 0 Å². The first kappa shape index (κ1) is 16.3. The summed E-state index contributed by atoms with van der Waals surface area (Å²) >= 11 is 5.91. The van der Waals surface area contributed by atoms with Gasteiger partial charge in [-0.15, -0.1) is 0 Å². The molecule has 0 saturated carbocycles. The average Bonchev–Trinajstić information content (AvgIpc) is 2.59. The van der Waals surface area contributed by atoms with Gasteiger partial charge >= 0.3 is 0 Å². The molecule has 24 heavy (non-hydrogen) atoms. The molecule has 4 heteroatoms. The maximum Gasteiger partial charge on any atom is 0.250 e. The summed E-state index contributed by atoms with van der Waals surface area (Å²) in [5.74, 6) is 0.824. The third kappa shape index (κ3) is 3.87. The molecule has 1 aromatic heterocycles. The number of rotatable bonds is 5. The Morgan fingerprint density at radius 3 is 2.54 bits per heavy atom. The molecule has 3 nitrogen and oxygen atoms in total. The van der Waals surface area contributed by atoms with E-state index in [0.717, 1.165) is 22.4 Å². The molecule has 0 bridgehead atoms. The van der Waals surface area contributed by atoms with Gasteiger partial charge in [-0.05, 0) is 53.9 Å². The molecule has 122 valence electrons. The van der Waals surface area contributed by atoms with Crippen LogP contribution < -0.4 is 10.3 Å². The van der Waals surface area contributed by atoms with Gasteiger partial charge in [0.1, 0.15) is 5.75 Å². The van der Waals surface area contributed by atoms with Gasteiger partial charge in [-0.25, -0.2) is 0 Å². The Hall–Kier alpha value is -2.52.